The molecule has 0 rings (SSSR count). The summed E-state index contributed by atoms with van der Waals surface area (Å²) in [4.78, 5) is 10.3. The van der Waals surface area contributed by atoms with Crippen molar-refractivity contribution in [2.45, 2.75) is 115 Å². The molecule has 26 heavy (non-hydrogen) atoms. The number of unbranched alkanes of at least 4 members (excludes halogenated alkanes) is 15. The van der Waals surface area contributed by atoms with Gasteiger partial charge in [-0.15, -0.1) is 0 Å². The number of aliphatic hydroxyl groups is 2. The minimum atomic E-state index is -1.00. The van der Waals surface area contributed by atoms with Gasteiger partial charge in [-0.1, -0.05) is 96.3 Å². The first kappa shape index (κ1) is 25.1. The summed E-state index contributed by atoms with van der Waals surface area (Å²) in [6.07, 6.45) is 22.6. The summed E-state index contributed by atoms with van der Waals surface area (Å²) >= 11 is 0. The van der Waals surface area contributed by atoms with E-state index in [-0.39, 0.29) is 0 Å². The maximum Gasteiger partial charge on any atom is 0.328 e. The van der Waals surface area contributed by atoms with E-state index in [1.807, 2.05) is 0 Å². The molecular weight excluding hydrogens is 328 g/mol. The van der Waals surface area contributed by atoms with E-state index in [2.05, 4.69) is 0 Å². The molecule has 0 spiro atoms. The highest BCUT2D eigenvalue weighted by molar-refractivity contribution is 5.79. The van der Waals surface area contributed by atoms with Crippen molar-refractivity contribution in [1.29, 1.82) is 0 Å². The van der Waals surface area contributed by atoms with Gasteiger partial charge in [-0.25, -0.2) is 4.79 Å². The van der Waals surface area contributed by atoms with Crippen molar-refractivity contribution in [3.8, 4) is 0 Å². The van der Waals surface area contributed by atoms with Crippen LogP contribution in [0.1, 0.15) is 109 Å². The fourth-order valence-corrected chi connectivity index (χ4v) is 3.23. The lowest BCUT2D eigenvalue weighted by Gasteiger charge is -2.05. The Balaban J connectivity index is 3.12. The molecule has 0 bridgehead atoms. The van der Waals surface area contributed by atoms with Gasteiger partial charge in [0.1, 0.15) is 0 Å². The van der Waals surface area contributed by atoms with Crippen molar-refractivity contribution in [2.24, 2.45) is 0 Å². The second-order valence-corrected chi connectivity index (χ2v) is 7.43. The summed E-state index contributed by atoms with van der Waals surface area (Å²) in [6.45, 7) is 0.343. The van der Waals surface area contributed by atoms with E-state index in [0.717, 1.165) is 25.3 Å². The molecule has 4 heteroatoms. The van der Waals surface area contributed by atoms with Gasteiger partial charge in [0, 0.05) is 12.7 Å². The number of rotatable bonds is 20. The molecule has 0 heterocycles. The van der Waals surface area contributed by atoms with Gasteiger partial charge >= 0.3 is 5.97 Å². The largest absolute Gasteiger partial charge is 0.478 e. The van der Waals surface area contributed by atoms with Crippen LogP contribution >= 0.6 is 0 Å². The van der Waals surface area contributed by atoms with Crippen LogP contribution < -0.4 is 0 Å². The van der Waals surface area contributed by atoms with Crippen LogP contribution in [0.2, 0.25) is 0 Å². The van der Waals surface area contributed by atoms with Crippen molar-refractivity contribution in [2.75, 3.05) is 6.61 Å². The van der Waals surface area contributed by atoms with Gasteiger partial charge in [-0.2, -0.15) is 0 Å². The summed E-state index contributed by atoms with van der Waals surface area (Å²) in [5.41, 5.74) is 0. The van der Waals surface area contributed by atoms with Crippen LogP contribution in [0, 0.1) is 0 Å². The van der Waals surface area contributed by atoms with Crippen molar-refractivity contribution in [3.63, 3.8) is 0 Å². The Morgan fingerprint density at radius 1 is 0.654 bits per heavy atom. The van der Waals surface area contributed by atoms with Crippen LogP contribution in [-0.4, -0.2) is 34.0 Å². The Morgan fingerprint density at radius 3 is 1.35 bits per heavy atom. The number of hydrogen-bond acceptors (Lipinski definition) is 3. The minimum Gasteiger partial charge on any atom is -0.478 e. The minimum absolute atomic E-state index is 0.343. The SMILES string of the molecule is O=C(O)C=CC(O)CCCCCCCCCCCCCCCCCCO. The Morgan fingerprint density at radius 2 is 1.00 bits per heavy atom. The van der Waals surface area contributed by atoms with E-state index in [1.54, 1.807) is 0 Å². The zero-order chi connectivity index (χ0) is 19.3. The van der Waals surface area contributed by atoms with E-state index in [4.69, 9.17) is 10.2 Å². The lowest BCUT2D eigenvalue weighted by atomic mass is 10.0. The van der Waals surface area contributed by atoms with Crippen LogP contribution in [0.25, 0.3) is 0 Å². The summed E-state index contributed by atoms with van der Waals surface area (Å²) in [5, 5.41) is 26.7. The molecule has 0 amide bonds. The predicted molar refractivity (Wildman–Crippen MR) is 108 cm³/mol. The summed E-state index contributed by atoms with van der Waals surface area (Å²) < 4.78 is 0. The molecule has 0 saturated carbocycles. The molecule has 154 valence electrons. The molecule has 0 aromatic carbocycles. The Hall–Kier alpha value is -0.870. The molecule has 0 aromatic rings. The lowest BCUT2D eigenvalue weighted by molar-refractivity contribution is -0.131. The van der Waals surface area contributed by atoms with E-state index in [9.17, 15) is 9.90 Å². The molecule has 3 N–H and O–H groups in total. The standard InChI is InChI=1S/C22H42O4/c23-20-16-14-12-10-8-6-4-2-1-3-5-7-9-11-13-15-17-21(24)18-19-22(25)26/h18-19,21,23-24H,1-17,20H2,(H,25,26). The molecule has 0 aliphatic carbocycles. The van der Waals surface area contributed by atoms with Crippen molar-refractivity contribution in [3.05, 3.63) is 12.2 Å². The Kier molecular flexibility index (Phi) is 19.8. The second kappa shape index (κ2) is 20.4. The molecule has 0 saturated heterocycles. The van der Waals surface area contributed by atoms with Crippen LogP contribution in [0.5, 0.6) is 0 Å². The van der Waals surface area contributed by atoms with Gasteiger partial charge in [-0.05, 0) is 18.9 Å². The molecular formula is C22H42O4. The van der Waals surface area contributed by atoms with Gasteiger partial charge in [0.15, 0.2) is 0 Å². The topological polar surface area (TPSA) is 77.8 Å². The van der Waals surface area contributed by atoms with Gasteiger partial charge in [0.2, 0.25) is 0 Å². The van der Waals surface area contributed by atoms with Crippen molar-refractivity contribution in [1.82, 2.24) is 0 Å². The molecule has 1 unspecified atom stereocenters. The number of carbonyl (C=O) groups is 1. The second-order valence-electron chi connectivity index (χ2n) is 7.43. The predicted octanol–water partition coefficient (Wildman–Crippen LogP) is 5.61. The molecule has 0 aromatic heterocycles. The van der Waals surface area contributed by atoms with E-state index >= 15 is 0 Å². The smallest absolute Gasteiger partial charge is 0.328 e. The van der Waals surface area contributed by atoms with Gasteiger partial charge in [0.05, 0.1) is 6.10 Å². The number of carboxylic acid groups (broad SMARTS) is 1. The first-order valence-electron chi connectivity index (χ1n) is 10.9. The quantitative estimate of drug-likeness (QED) is 0.192. The zero-order valence-corrected chi connectivity index (χ0v) is 16.7. The third kappa shape index (κ3) is 21.2. The highest BCUT2D eigenvalue weighted by Crippen LogP contribution is 2.14. The maximum absolute atomic E-state index is 10.3. The Bertz CT molecular complexity index is 328. The van der Waals surface area contributed by atoms with Crippen molar-refractivity contribution < 1.29 is 20.1 Å². The third-order valence-corrected chi connectivity index (χ3v) is 4.87. The molecule has 0 aliphatic heterocycles. The highest BCUT2D eigenvalue weighted by atomic mass is 16.4. The van der Waals surface area contributed by atoms with Crippen LogP contribution in [-0.2, 0) is 4.79 Å². The average Bonchev–Trinajstić information content (AvgIpc) is 2.62. The Labute approximate surface area is 160 Å². The molecule has 0 aliphatic rings. The molecule has 4 nitrogen and oxygen atoms in total. The highest BCUT2D eigenvalue weighted by Gasteiger charge is 2.00. The third-order valence-electron chi connectivity index (χ3n) is 4.87. The van der Waals surface area contributed by atoms with Crippen LogP contribution in [0.15, 0.2) is 12.2 Å². The average molecular weight is 371 g/mol. The fraction of sp³-hybridized carbons (Fsp3) is 0.864. The fourth-order valence-electron chi connectivity index (χ4n) is 3.23. The summed E-state index contributed by atoms with van der Waals surface area (Å²) in [7, 11) is 0. The van der Waals surface area contributed by atoms with Crippen molar-refractivity contribution >= 4 is 5.97 Å². The lowest BCUT2D eigenvalue weighted by Crippen LogP contribution is -2.03. The first-order chi connectivity index (χ1) is 12.7. The molecule has 0 radical (unpaired) electrons. The van der Waals surface area contributed by atoms with Gasteiger partial charge in [0.25, 0.3) is 0 Å². The van der Waals surface area contributed by atoms with Crippen LogP contribution in [0.4, 0.5) is 0 Å². The number of hydrogen-bond donors (Lipinski definition) is 3. The zero-order valence-electron chi connectivity index (χ0n) is 16.7. The van der Waals surface area contributed by atoms with E-state index in [1.165, 1.54) is 89.5 Å². The number of aliphatic hydroxyl groups excluding tert-OH is 2. The monoisotopic (exact) mass is 370 g/mol. The van der Waals surface area contributed by atoms with E-state index < -0.39 is 12.1 Å². The van der Waals surface area contributed by atoms with Gasteiger partial charge in [-0.3, -0.25) is 0 Å². The normalized spacial score (nSPS) is 12.7. The van der Waals surface area contributed by atoms with E-state index in [0.29, 0.717) is 13.0 Å². The molecule has 0 fully saturated rings. The summed E-state index contributed by atoms with van der Waals surface area (Å²) in [5.74, 6) is -1.00. The number of aliphatic carboxylic acids is 1. The number of carboxylic acids is 1. The van der Waals surface area contributed by atoms with Gasteiger partial charge < -0.3 is 15.3 Å². The summed E-state index contributed by atoms with van der Waals surface area (Å²) in [6, 6.07) is 0. The molecule has 1 atom stereocenters. The first-order valence-corrected chi connectivity index (χ1v) is 10.9. The van der Waals surface area contributed by atoms with Crippen LogP contribution in [0.3, 0.4) is 0 Å². The maximum atomic E-state index is 10.3.